The fourth-order valence-corrected chi connectivity index (χ4v) is 10.9. The van der Waals surface area contributed by atoms with E-state index in [9.17, 15) is 0 Å². The summed E-state index contributed by atoms with van der Waals surface area (Å²) in [5.74, 6) is 1.77. The van der Waals surface area contributed by atoms with Crippen molar-refractivity contribution in [3.05, 3.63) is 224 Å². The lowest BCUT2D eigenvalue weighted by Crippen LogP contribution is -2.00. The molecule has 0 atom stereocenters. The van der Waals surface area contributed by atoms with Gasteiger partial charge in [-0.25, -0.2) is 15.0 Å². The summed E-state index contributed by atoms with van der Waals surface area (Å²) in [5, 5.41) is 13.9. The van der Waals surface area contributed by atoms with E-state index in [1.54, 1.807) is 0 Å². The van der Waals surface area contributed by atoms with Crippen LogP contribution in [0.15, 0.2) is 229 Å². The minimum Gasteiger partial charge on any atom is -0.455 e. The Morgan fingerprint density at radius 2 is 0.870 bits per heavy atom. The first-order chi connectivity index (χ1) is 34.2. The summed E-state index contributed by atoms with van der Waals surface area (Å²) in [6.07, 6.45) is 0. The van der Waals surface area contributed by atoms with Gasteiger partial charge in [-0.3, -0.25) is 0 Å². The number of nitrogens with zero attached hydrogens (tertiary/aromatic N) is 5. The molecule has 69 heavy (non-hydrogen) atoms. The summed E-state index contributed by atoms with van der Waals surface area (Å²) in [7, 11) is 0. The topological polar surface area (TPSA) is 61.7 Å². The van der Waals surface area contributed by atoms with Crippen LogP contribution in [0.3, 0.4) is 0 Å². The third-order valence-electron chi connectivity index (χ3n) is 14.1. The third-order valence-corrected chi connectivity index (χ3v) is 14.1. The Morgan fingerprint density at radius 1 is 0.304 bits per heavy atom. The van der Waals surface area contributed by atoms with Gasteiger partial charge in [-0.15, -0.1) is 0 Å². The number of benzene rings is 11. The van der Waals surface area contributed by atoms with Gasteiger partial charge in [0.15, 0.2) is 17.5 Å². The highest BCUT2D eigenvalue weighted by Gasteiger charge is 2.22. The predicted molar refractivity (Wildman–Crippen MR) is 285 cm³/mol. The molecular weight excluding hydrogens is 843 g/mol. The number of aromatic nitrogens is 5. The van der Waals surface area contributed by atoms with Crippen LogP contribution in [0.1, 0.15) is 0 Å². The van der Waals surface area contributed by atoms with E-state index in [4.69, 9.17) is 19.4 Å². The van der Waals surface area contributed by atoms with E-state index >= 15 is 0 Å². The van der Waals surface area contributed by atoms with Gasteiger partial charge in [0.1, 0.15) is 11.2 Å². The zero-order valence-corrected chi connectivity index (χ0v) is 37.0. The number of fused-ring (bicyclic) bond motifs is 14. The molecule has 0 amide bonds. The number of rotatable bonds is 5. The summed E-state index contributed by atoms with van der Waals surface area (Å²) in [6, 6.07) is 79.8. The summed E-state index contributed by atoms with van der Waals surface area (Å²) in [5.41, 5.74) is 11.1. The fraction of sp³-hybridized carbons (Fsp3) is 0. The van der Waals surface area contributed by atoms with E-state index in [-0.39, 0.29) is 0 Å². The molecule has 11 aromatic carbocycles. The summed E-state index contributed by atoms with van der Waals surface area (Å²) >= 11 is 0. The molecule has 15 aromatic rings. The summed E-state index contributed by atoms with van der Waals surface area (Å²) < 4.78 is 11.8. The molecule has 0 unspecified atom stereocenters. The molecule has 4 aromatic heterocycles. The monoisotopic (exact) mass is 879 g/mol. The van der Waals surface area contributed by atoms with Gasteiger partial charge in [0.25, 0.3) is 0 Å². The highest BCUT2D eigenvalue weighted by molar-refractivity contribution is 6.23. The minimum absolute atomic E-state index is 0.569. The Bertz CT molecular complexity index is 4600. The van der Waals surface area contributed by atoms with Crippen LogP contribution in [-0.4, -0.2) is 24.1 Å². The molecule has 4 heterocycles. The third kappa shape index (κ3) is 5.69. The second-order valence-corrected chi connectivity index (χ2v) is 18.0. The predicted octanol–water partition coefficient (Wildman–Crippen LogP) is 16.4. The molecule has 15 rings (SSSR count). The molecule has 0 spiro atoms. The van der Waals surface area contributed by atoms with Crippen molar-refractivity contribution in [1.29, 1.82) is 0 Å². The van der Waals surface area contributed by atoms with Crippen molar-refractivity contribution in [1.82, 2.24) is 24.1 Å². The van der Waals surface area contributed by atoms with Crippen LogP contribution in [-0.2, 0) is 0 Å². The smallest absolute Gasteiger partial charge is 0.164 e. The second kappa shape index (κ2) is 14.6. The van der Waals surface area contributed by atoms with Crippen LogP contribution in [0, 0.1) is 0 Å². The molecule has 0 fully saturated rings. The molecule has 0 aliphatic rings. The lowest BCUT2D eigenvalue weighted by Gasteiger charge is -2.14. The zero-order chi connectivity index (χ0) is 45.2. The quantitative estimate of drug-likeness (QED) is 0.173. The Kier molecular flexibility index (Phi) is 7.97. The zero-order valence-electron chi connectivity index (χ0n) is 37.0. The summed E-state index contributed by atoms with van der Waals surface area (Å²) in [6.45, 7) is 0. The van der Waals surface area contributed by atoms with Crippen molar-refractivity contribution in [3.63, 3.8) is 0 Å². The number of furan rings is 1. The van der Waals surface area contributed by atoms with E-state index in [0.717, 1.165) is 71.8 Å². The average Bonchev–Trinajstić information content (AvgIpc) is 4.07. The van der Waals surface area contributed by atoms with Gasteiger partial charge in [0.05, 0.1) is 27.8 Å². The maximum Gasteiger partial charge on any atom is 0.164 e. The van der Waals surface area contributed by atoms with Gasteiger partial charge in [-0.2, -0.15) is 0 Å². The molecule has 0 radical (unpaired) electrons. The SMILES string of the molecule is c1ccc(-c2nc(-c3ccc4c(c3)oc3c5ccccc5c(-n5c6cc7ccccc7cc6c6ccc7ccccc7c65)cc43)nc(-c3ccc4c5ccccc5n(-c5ccccc5)c4c3)n2)cc1. The number of para-hydroxylation sites is 2. The number of hydrogen-bond donors (Lipinski definition) is 0. The van der Waals surface area contributed by atoms with Crippen molar-refractivity contribution in [2.45, 2.75) is 0 Å². The lowest BCUT2D eigenvalue weighted by atomic mass is 10.0. The maximum absolute atomic E-state index is 6.98. The van der Waals surface area contributed by atoms with E-state index in [1.165, 1.54) is 54.1 Å². The normalized spacial score (nSPS) is 12.1. The highest BCUT2D eigenvalue weighted by atomic mass is 16.3. The first-order valence-corrected chi connectivity index (χ1v) is 23.3. The van der Waals surface area contributed by atoms with Gasteiger partial charge in [-0.05, 0) is 70.8 Å². The van der Waals surface area contributed by atoms with Crippen molar-refractivity contribution >= 4 is 97.9 Å². The maximum atomic E-state index is 6.98. The van der Waals surface area contributed by atoms with E-state index in [0.29, 0.717) is 17.5 Å². The molecule has 6 heteroatoms. The molecule has 0 saturated heterocycles. The van der Waals surface area contributed by atoms with Gasteiger partial charge in [0.2, 0.25) is 0 Å². The average molecular weight is 880 g/mol. The summed E-state index contributed by atoms with van der Waals surface area (Å²) in [4.78, 5) is 15.6. The molecule has 0 saturated carbocycles. The Balaban J connectivity index is 0.943. The lowest BCUT2D eigenvalue weighted by molar-refractivity contribution is 0.672. The Hall–Kier alpha value is -9.39. The molecule has 320 valence electrons. The van der Waals surface area contributed by atoms with Crippen LogP contribution in [0.4, 0.5) is 0 Å². The van der Waals surface area contributed by atoms with E-state index in [2.05, 4.69) is 203 Å². The van der Waals surface area contributed by atoms with Crippen molar-refractivity contribution in [2.75, 3.05) is 0 Å². The van der Waals surface area contributed by atoms with Crippen LogP contribution in [0.5, 0.6) is 0 Å². The Labute approximate surface area is 394 Å². The molecular formula is C63H37N5O. The van der Waals surface area contributed by atoms with Crippen molar-refractivity contribution in [2.24, 2.45) is 0 Å². The number of hydrogen-bond acceptors (Lipinski definition) is 4. The van der Waals surface area contributed by atoms with Crippen LogP contribution < -0.4 is 0 Å². The molecule has 0 aliphatic carbocycles. The fourth-order valence-electron chi connectivity index (χ4n) is 10.9. The highest BCUT2D eigenvalue weighted by Crippen LogP contribution is 2.44. The van der Waals surface area contributed by atoms with E-state index in [1.807, 2.05) is 30.3 Å². The first-order valence-electron chi connectivity index (χ1n) is 23.3. The Morgan fingerprint density at radius 3 is 1.65 bits per heavy atom. The second-order valence-electron chi connectivity index (χ2n) is 18.0. The molecule has 0 bridgehead atoms. The van der Waals surface area contributed by atoms with Crippen molar-refractivity contribution in [3.8, 4) is 45.5 Å². The van der Waals surface area contributed by atoms with Gasteiger partial charge in [0, 0.05) is 70.9 Å². The van der Waals surface area contributed by atoms with Gasteiger partial charge in [-0.1, -0.05) is 170 Å². The van der Waals surface area contributed by atoms with E-state index < -0.39 is 0 Å². The minimum atomic E-state index is 0.569. The molecule has 0 N–H and O–H groups in total. The first kappa shape index (κ1) is 37.8. The van der Waals surface area contributed by atoms with Gasteiger partial charge >= 0.3 is 0 Å². The largest absolute Gasteiger partial charge is 0.455 e. The standard InChI is InChI=1S/C63H37N5O/c1-3-16-39(17-4-1)61-64-62(42-28-30-48-46-23-13-14-26-54(46)67(55(48)35-42)44-20-5-2-6-21-44)66-63(65-61)43-29-31-49-53-37-57(47-24-11-12-25-51(47)60(53)69-58(49)36-43)68-56-34-41-19-8-7-18-40(41)33-52(56)50-32-27-38-15-9-10-22-45(38)59(50)68/h1-37H. The van der Waals surface area contributed by atoms with Crippen molar-refractivity contribution < 1.29 is 4.42 Å². The van der Waals surface area contributed by atoms with Crippen LogP contribution in [0.25, 0.3) is 143 Å². The molecule has 6 nitrogen and oxygen atoms in total. The van der Waals surface area contributed by atoms with Crippen LogP contribution in [0.2, 0.25) is 0 Å². The molecule has 0 aliphatic heterocycles. The van der Waals surface area contributed by atoms with Gasteiger partial charge < -0.3 is 13.6 Å². The van der Waals surface area contributed by atoms with Crippen LogP contribution >= 0.6 is 0 Å².